The van der Waals surface area contributed by atoms with Crippen molar-refractivity contribution in [2.24, 2.45) is 5.92 Å². The maximum absolute atomic E-state index is 12.3. The molecule has 1 amide bonds. The van der Waals surface area contributed by atoms with Crippen LogP contribution in [0, 0.1) is 5.92 Å². The fraction of sp³-hybridized carbons (Fsp3) is 0.350. The van der Waals surface area contributed by atoms with Crippen LogP contribution in [0.4, 0.5) is 5.82 Å². The summed E-state index contributed by atoms with van der Waals surface area (Å²) >= 11 is 5.90. The Labute approximate surface area is 167 Å². The highest BCUT2D eigenvalue weighted by atomic mass is 35.5. The largest absolute Gasteiger partial charge is 0.441 e. The van der Waals surface area contributed by atoms with E-state index in [0.29, 0.717) is 34.8 Å². The normalized spacial score (nSPS) is 16.4. The van der Waals surface area contributed by atoms with E-state index in [1.54, 1.807) is 30.6 Å². The van der Waals surface area contributed by atoms with E-state index in [1.165, 1.54) is 0 Å². The summed E-state index contributed by atoms with van der Waals surface area (Å²) in [7, 11) is 0. The lowest BCUT2D eigenvalue weighted by Gasteiger charge is -2.12. The Morgan fingerprint density at radius 2 is 2.14 bits per heavy atom. The van der Waals surface area contributed by atoms with Gasteiger partial charge in [-0.05, 0) is 30.7 Å². The van der Waals surface area contributed by atoms with Crippen molar-refractivity contribution in [2.45, 2.75) is 25.8 Å². The predicted molar refractivity (Wildman–Crippen MR) is 105 cm³/mol. The van der Waals surface area contributed by atoms with Crippen LogP contribution in [0.25, 0.3) is 11.3 Å². The molecule has 1 fully saturated rings. The number of nitrogens with one attached hydrogen (secondary N) is 1. The van der Waals surface area contributed by atoms with Gasteiger partial charge >= 0.3 is 0 Å². The summed E-state index contributed by atoms with van der Waals surface area (Å²) in [6.45, 7) is 2.28. The zero-order chi connectivity index (χ0) is 19.3. The third kappa shape index (κ3) is 4.61. The number of ether oxygens (including phenoxy) is 1. The molecule has 28 heavy (non-hydrogen) atoms. The number of halogens is 1. The molecule has 1 aliphatic rings. The first-order valence-corrected chi connectivity index (χ1v) is 9.65. The Bertz CT molecular complexity index is 929. The van der Waals surface area contributed by atoms with Gasteiger partial charge in [-0.3, -0.25) is 4.79 Å². The minimum atomic E-state index is -0.101. The number of oxazole rings is 1. The van der Waals surface area contributed by atoms with Crippen LogP contribution in [0.2, 0.25) is 5.02 Å². The van der Waals surface area contributed by atoms with Crippen LogP contribution in [0.5, 0.6) is 0 Å². The Morgan fingerprint density at radius 1 is 1.29 bits per heavy atom. The first kappa shape index (κ1) is 18.7. The average Bonchev–Trinajstić information content (AvgIpc) is 3.44. The topological polar surface area (TPSA) is 82.2 Å². The lowest BCUT2D eigenvalue weighted by Crippen LogP contribution is -2.19. The van der Waals surface area contributed by atoms with Crippen molar-refractivity contribution in [1.29, 1.82) is 0 Å². The number of hydrogen-bond donors (Lipinski definition) is 1. The third-order valence-electron chi connectivity index (χ3n) is 4.69. The summed E-state index contributed by atoms with van der Waals surface area (Å²) in [5.41, 5.74) is 0.896. The summed E-state index contributed by atoms with van der Waals surface area (Å²) in [4.78, 5) is 16.6. The lowest BCUT2D eigenvalue weighted by atomic mass is 10.1. The van der Waals surface area contributed by atoms with Crippen molar-refractivity contribution < 1.29 is 13.9 Å². The van der Waals surface area contributed by atoms with Crippen LogP contribution in [-0.2, 0) is 22.5 Å². The Morgan fingerprint density at radius 3 is 2.93 bits per heavy atom. The molecule has 1 aliphatic heterocycles. The molecule has 8 heteroatoms. The number of carbonyl (C=O) groups is 1. The first-order valence-electron chi connectivity index (χ1n) is 9.27. The molecule has 3 aromatic rings. The van der Waals surface area contributed by atoms with Crippen LogP contribution < -0.4 is 5.32 Å². The molecule has 1 N–H and O–H groups in total. The third-order valence-corrected chi connectivity index (χ3v) is 4.94. The predicted octanol–water partition coefficient (Wildman–Crippen LogP) is 3.80. The summed E-state index contributed by atoms with van der Waals surface area (Å²) in [6, 6.07) is 9.14. The number of carbonyl (C=O) groups excluding carboxylic acids is 1. The second-order valence-electron chi connectivity index (χ2n) is 6.80. The molecule has 0 bridgehead atoms. The van der Waals surface area contributed by atoms with Gasteiger partial charge < -0.3 is 14.5 Å². The summed E-state index contributed by atoms with van der Waals surface area (Å²) in [5, 5.41) is 7.88. The summed E-state index contributed by atoms with van der Waals surface area (Å²) in [6.07, 6.45) is 5.07. The van der Waals surface area contributed by atoms with Crippen molar-refractivity contribution in [3.05, 3.63) is 53.6 Å². The Balaban J connectivity index is 1.30. The molecule has 1 aromatic carbocycles. The Kier molecular flexibility index (Phi) is 5.73. The highest BCUT2D eigenvalue weighted by molar-refractivity contribution is 6.30. The summed E-state index contributed by atoms with van der Waals surface area (Å²) in [5.74, 6) is 2.22. The van der Waals surface area contributed by atoms with E-state index in [4.69, 9.17) is 20.8 Å². The molecular weight excluding hydrogens is 380 g/mol. The average molecular weight is 401 g/mol. The zero-order valence-electron chi connectivity index (χ0n) is 15.3. The molecule has 2 aromatic heterocycles. The molecule has 0 spiro atoms. The monoisotopic (exact) mass is 400 g/mol. The molecule has 4 rings (SSSR count). The van der Waals surface area contributed by atoms with Crippen LogP contribution in [0.1, 0.15) is 18.7 Å². The fourth-order valence-electron chi connectivity index (χ4n) is 3.16. The van der Waals surface area contributed by atoms with E-state index in [1.807, 2.05) is 16.8 Å². The first-order chi connectivity index (χ1) is 13.7. The highest BCUT2D eigenvalue weighted by Crippen LogP contribution is 2.23. The molecule has 7 nitrogen and oxygen atoms in total. The van der Waals surface area contributed by atoms with Gasteiger partial charge in [0, 0.05) is 48.6 Å². The van der Waals surface area contributed by atoms with Crippen molar-refractivity contribution >= 4 is 23.3 Å². The Hall–Kier alpha value is -2.64. The molecule has 0 aliphatic carbocycles. The number of nitrogens with zero attached hydrogens (tertiary/aromatic N) is 3. The van der Waals surface area contributed by atoms with Gasteiger partial charge in [0.05, 0.1) is 19.0 Å². The van der Waals surface area contributed by atoms with Crippen LogP contribution in [-0.4, -0.2) is 33.9 Å². The minimum Gasteiger partial charge on any atom is -0.441 e. The van der Waals surface area contributed by atoms with Gasteiger partial charge in [0.15, 0.2) is 11.7 Å². The highest BCUT2D eigenvalue weighted by Gasteiger charge is 2.18. The number of rotatable bonds is 7. The smallest absolute Gasteiger partial charge is 0.226 e. The number of aromatic nitrogens is 3. The van der Waals surface area contributed by atoms with Gasteiger partial charge in [0.25, 0.3) is 0 Å². The second-order valence-corrected chi connectivity index (χ2v) is 7.24. The van der Waals surface area contributed by atoms with Crippen molar-refractivity contribution in [3.8, 4) is 11.3 Å². The van der Waals surface area contributed by atoms with Crippen molar-refractivity contribution in [1.82, 2.24) is 14.8 Å². The van der Waals surface area contributed by atoms with Crippen LogP contribution in [0.15, 0.2) is 47.1 Å². The SMILES string of the molecule is O=C(CCc1ncc(-c2ccc(Cl)cc2)o1)Nc1ccnn1C[C@@H]1CCOC1. The molecule has 0 saturated carbocycles. The molecule has 0 radical (unpaired) electrons. The molecule has 1 atom stereocenters. The van der Waals surface area contributed by atoms with Crippen molar-refractivity contribution in [2.75, 3.05) is 18.5 Å². The van der Waals surface area contributed by atoms with Gasteiger partial charge in [-0.2, -0.15) is 5.10 Å². The van der Waals surface area contributed by atoms with E-state index in [0.717, 1.165) is 31.7 Å². The van der Waals surface area contributed by atoms with Crippen LogP contribution >= 0.6 is 11.6 Å². The second kappa shape index (κ2) is 8.58. The maximum Gasteiger partial charge on any atom is 0.226 e. The molecule has 1 saturated heterocycles. The lowest BCUT2D eigenvalue weighted by molar-refractivity contribution is -0.116. The number of amides is 1. The van der Waals surface area contributed by atoms with E-state index in [-0.39, 0.29) is 12.3 Å². The van der Waals surface area contributed by atoms with Crippen molar-refractivity contribution in [3.63, 3.8) is 0 Å². The van der Waals surface area contributed by atoms with E-state index >= 15 is 0 Å². The number of aryl methyl sites for hydroxylation is 1. The molecule has 3 heterocycles. The fourth-order valence-corrected chi connectivity index (χ4v) is 3.28. The van der Waals surface area contributed by atoms with E-state index in [2.05, 4.69) is 15.4 Å². The molecular formula is C20H21ClN4O3. The van der Waals surface area contributed by atoms with E-state index in [9.17, 15) is 4.79 Å². The van der Waals surface area contributed by atoms with Gasteiger partial charge in [-0.25, -0.2) is 9.67 Å². The minimum absolute atomic E-state index is 0.101. The van der Waals surface area contributed by atoms with Gasteiger partial charge in [0.2, 0.25) is 5.91 Å². The number of benzene rings is 1. The van der Waals surface area contributed by atoms with Gasteiger partial charge in [-0.1, -0.05) is 11.6 Å². The standard InChI is InChI=1S/C20H21ClN4O3/c21-16-3-1-15(2-4-16)17-11-22-20(28-17)6-5-19(26)24-18-7-9-23-25(18)12-14-8-10-27-13-14/h1-4,7,9,11,14H,5-6,8,10,12-13H2,(H,24,26)/t14-/m0/s1. The zero-order valence-corrected chi connectivity index (χ0v) is 16.1. The number of hydrogen-bond acceptors (Lipinski definition) is 5. The maximum atomic E-state index is 12.3. The molecule has 146 valence electrons. The van der Waals surface area contributed by atoms with Gasteiger partial charge in [0.1, 0.15) is 5.82 Å². The summed E-state index contributed by atoms with van der Waals surface area (Å²) < 4.78 is 13.0. The quantitative estimate of drug-likeness (QED) is 0.652. The molecule has 0 unspecified atom stereocenters. The van der Waals surface area contributed by atoms with Gasteiger partial charge in [-0.15, -0.1) is 0 Å². The van der Waals surface area contributed by atoms with E-state index < -0.39 is 0 Å². The van der Waals surface area contributed by atoms with Crippen LogP contribution in [0.3, 0.4) is 0 Å². The number of anilines is 1.